The van der Waals surface area contributed by atoms with E-state index >= 15 is 0 Å². The summed E-state index contributed by atoms with van der Waals surface area (Å²) < 4.78 is 7.08. The molecule has 2 aromatic carbocycles. The van der Waals surface area contributed by atoms with Crippen LogP contribution in [0.15, 0.2) is 77.4 Å². The molecule has 7 heteroatoms. The molecule has 0 saturated carbocycles. The number of hydrogen-bond donors (Lipinski definition) is 1. The van der Waals surface area contributed by atoms with Gasteiger partial charge in [-0.25, -0.2) is 4.68 Å². The van der Waals surface area contributed by atoms with Crippen molar-refractivity contribution in [3.05, 3.63) is 101 Å². The molecule has 1 N–H and O–H groups in total. The quantitative estimate of drug-likeness (QED) is 0.367. The number of furan rings is 1. The second kappa shape index (κ2) is 10.2. The summed E-state index contributed by atoms with van der Waals surface area (Å²) in [7, 11) is 0. The van der Waals surface area contributed by atoms with E-state index in [0.29, 0.717) is 5.82 Å². The van der Waals surface area contributed by atoms with Crippen LogP contribution < -0.4 is 5.32 Å². The van der Waals surface area contributed by atoms with Crippen LogP contribution in [0.1, 0.15) is 53.7 Å². The van der Waals surface area contributed by atoms with Crippen molar-refractivity contribution in [2.75, 3.05) is 11.9 Å². The van der Waals surface area contributed by atoms with Crippen molar-refractivity contribution in [1.29, 1.82) is 0 Å². The summed E-state index contributed by atoms with van der Waals surface area (Å²) in [6.45, 7) is 10.4. The summed E-state index contributed by atoms with van der Waals surface area (Å²) in [6.07, 6.45) is 1.45. The lowest BCUT2D eigenvalue weighted by atomic mass is 9.92. The van der Waals surface area contributed by atoms with Gasteiger partial charge in [0.25, 0.3) is 5.91 Å². The third-order valence-corrected chi connectivity index (χ3v) is 5.90. The van der Waals surface area contributed by atoms with E-state index < -0.39 is 0 Å². The molecule has 0 aliphatic carbocycles. The van der Waals surface area contributed by atoms with Crippen LogP contribution in [0, 0.1) is 13.8 Å². The van der Waals surface area contributed by atoms with E-state index in [1.807, 2.05) is 62.4 Å². The molecule has 7 nitrogen and oxygen atoms in total. The number of carbonyl (C=O) groups is 2. The van der Waals surface area contributed by atoms with Crippen molar-refractivity contribution < 1.29 is 14.0 Å². The van der Waals surface area contributed by atoms with Gasteiger partial charge in [-0.05, 0) is 43.2 Å². The third-order valence-electron chi connectivity index (χ3n) is 5.90. The Hall–Kier alpha value is -4.13. The molecule has 36 heavy (non-hydrogen) atoms. The van der Waals surface area contributed by atoms with Crippen LogP contribution in [0.2, 0.25) is 0 Å². The molecular weight excluding hydrogens is 452 g/mol. The average Bonchev–Trinajstić information content (AvgIpc) is 3.49. The Morgan fingerprint density at radius 2 is 1.75 bits per heavy atom. The van der Waals surface area contributed by atoms with Crippen LogP contribution in [-0.2, 0) is 16.8 Å². The SMILES string of the molecule is Cc1ccc(-n2nc(C(C)(C)C)cc2NC(=O)CN(Cc2ccccc2)C(=O)c2ccco2)c(C)c1. The molecule has 4 aromatic rings. The normalized spacial score (nSPS) is 11.4. The molecule has 2 aromatic heterocycles. The highest BCUT2D eigenvalue weighted by Gasteiger charge is 2.25. The monoisotopic (exact) mass is 484 g/mol. The van der Waals surface area contributed by atoms with Gasteiger partial charge in [-0.1, -0.05) is 68.8 Å². The molecule has 4 rings (SSSR count). The number of anilines is 1. The maximum absolute atomic E-state index is 13.3. The molecule has 0 saturated heterocycles. The maximum Gasteiger partial charge on any atom is 0.290 e. The van der Waals surface area contributed by atoms with Crippen molar-refractivity contribution >= 4 is 17.6 Å². The third kappa shape index (κ3) is 5.74. The van der Waals surface area contributed by atoms with Gasteiger partial charge < -0.3 is 14.6 Å². The Morgan fingerprint density at radius 3 is 2.39 bits per heavy atom. The maximum atomic E-state index is 13.3. The highest BCUT2D eigenvalue weighted by atomic mass is 16.3. The van der Waals surface area contributed by atoms with Crippen LogP contribution >= 0.6 is 0 Å². The first kappa shape index (κ1) is 25.0. The highest BCUT2D eigenvalue weighted by molar-refractivity contribution is 5.97. The van der Waals surface area contributed by atoms with Gasteiger partial charge in [-0.3, -0.25) is 9.59 Å². The Bertz CT molecular complexity index is 1350. The number of benzene rings is 2. The number of aryl methyl sites for hydroxylation is 2. The number of rotatable bonds is 7. The number of hydrogen-bond acceptors (Lipinski definition) is 4. The van der Waals surface area contributed by atoms with Gasteiger partial charge in [0.15, 0.2) is 5.76 Å². The molecule has 0 bridgehead atoms. The van der Waals surface area contributed by atoms with Crippen molar-refractivity contribution in [2.45, 2.75) is 46.6 Å². The Kier molecular flexibility index (Phi) is 7.10. The second-order valence-electron chi connectivity index (χ2n) is 10.0. The van der Waals surface area contributed by atoms with Crippen LogP contribution in [0.4, 0.5) is 5.82 Å². The summed E-state index contributed by atoms with van der Waals surface area (Å²) in [6, 6.07) is 20.8. The molecular formula is C29H32N4O3. The van der Waals surface area contributed by atoms with E-state index in [-0.39, 0.29) is 36.1 Å². The Labute approximate surface area is 211 Å². The molecule has 186 valence electrons. The molecule has 0 radical (unpaired) electrons. The van der Waals surface area contributed by atoms with Gasteiger partial charge in [-0.2, -0.15) is 5.10 Å². The van der Waals surface area contributed by atoms with Crippen molar-refractivity contribution in [2.24, 2.45) is 0 Å². The largest absolute Gasteiger partial charge is 0.459 e. The van der Waals surface area contributed by atoms with Crippen LogP contribution in [0.5, 0.6) is 0 Å². The topological polar surface area (TPSA) is 80.4 Å². The molecule has 0 fully saturated rings. The van der Waals surface area contributed by atoms with E-state index in [2.05, 4.69) is 32.2 Å². The standard InChI is InChI=1S/C29H32N4O3/c1-20-13-14-23(21(2)16-20)33-26(17-25(31-33)29(3,4)5)30-27(34)19-32(18-22-10-7-6-8-11-22)28(35)24-12-9-15-36-24/h6-17H,18-19H2,1-5H3,(H,30,34). The van der Waals surface area contributed by atoms with E-state index in [4.69, 9.17) is 9.52 Å². The Balaban J connectivity index is 1.62. The second-order valence-corrected chi connectivity index (χ2v) is 10.0. The predicted molar refractivity (Wildman–Crippen MR) is 140 cm³/mol. The van der Waals surface area contributed by atoms with Gasteiger partial charge in [-0.15, -0.1) is 0 Å². The fourth-order valence-electron chi connectivity index (χ4n) is 3.98. The molecule has 0 atom stereocenters. The van der Waals surface area contributed by atoms with Gasteiger partial charge in [0.2, 0.25) is 5.91 Å². The van der Waals surface area contributed by atoms with Gasteiger partial charge in [0, 0.05) is 18.0 Å². The minimum Gasteiger partial charge on any atom is -0.459 e. The number of nitrogens with zero attached hydrogens (tertiary/aromatic N) is 3. The van der Waals surface area contributed by atoms with Crippen LogP contribution in [-0.4, -0.2) is 33.0 Å². The summed E-state index contributed by atoms with van der Waals surface area (Å²) in [5.41, 5.74) is 4.65. The van der Waals surface area contributed by atoms with Crippen molar-refractivity contribution in [3.8, 4) is 5.69 Å². The van der Waals surface area contributed by atoms with E-state index in [1.54, 1.807) is 16.8 Å². The summed E-state index contributed by atoms with van der Waals surface area (Å²) in [4.78, 5) is 27.9. The smallest absolute Gasteiger partial charge is 0.290 e. The van der Waals surface area contributed by atoms with E-state index in [9.17, 15) is 9.59 Å². The molecule has 0 unspecified atom stereocenters. The molecule has 0 spiro atoms. The molecule has 0 aliphatic heterocycles. The zero-order valence-corrected chi connectivity index (χ0v) is 21.4. The van der Waals surface area contributed by atoms with E-state index in [1.165, 1.54) is 11.2 Å². The number of amides is 2. The zero-order chi connectivity index (χ0) is 25.9. The minimum atomic E-state index is -0.350. The number of nitrogens with one attached hydrogen (secondary N) is 1. The predicted octanol–water partition coefficient (Wildman–Crippen LogP) is 5.66. The van der Waals surface area contributed by atoms with Crippen molar-refractivity contribution in [3.63, 3.8) is 0 Å². The van der Waals surface area contributed by atoms with E-state index in [0.717, 1.165) is 28.1 Å². The molecule has 0 aliphatic rings. The fraction of sp³-hybridized carbons (Fsp3) is 0.276. The lowest BCUT2D eigenvalue weighted by molar-refractivity contribution is -0.117. The highest BCUT2D eigenvalue weighted by Crippen LogP contribution is 2.28. The fourth-order valence-corrected chi connectivity index (χ4v) is 3.98. The zero-order valence-electron chi connectivity index (χ0n) is 21.4. The lowest BCUT2D eigenvalue weighted by Crippen LogP contribution is -2.37. The molecule has 2 heterocycles. The number of aromatic nitrogens is 2. The average molecular weight is 485 g/mol. The van der Waals surface area contributed by atoms with Crippen LogP contribution in [0.25, 0.3) is 5.69 Å². The number of carbonyl (C=O) groups excluding carboxylic acids is 2. The minimum absolute atomic E-state index is 0.142. The lowest BCUT2D eigenvalue weighted by Gasteiger charge is -2.21. The first-order valence-corrected chi connectivity index (χ1v) is 12.0. The van der Waals surface area contributed by atoms with Gasteiger partial charge in [0.05, 0.1) is 17.6 Å². The van der Waals surface area contributed by atoms with Crippen LogP contribution in [0.3, 0.4) is 0 Å². The first-order valence-electron chi connectivity index (χ1n) is 12.0. The first-order chi connectivity index (χ1) is 17.1. The van der Waals surface area contributed by atoms with Gasteiger partial charge in [0.1, 0.15) is 12.4 Å². The Morgan fingerprint density at radius 1 is 1.00 bits per heavy atom. The summed E-state index contributed by atoms with van der Waals surface area (Å²) in [5, 5.41) is 7.82. The van der Waals surface area contributed by atoms with Crippen molar-refractivity contribution in [1.82, 2.24) is 14.7 Å². The molecule has 2 amide bonds. The summed E-state index contributed by atoms with van der Waals surface area (Å²) >= 11 is 0. The van der Waals surface area contributed by atoms with Gasteiger partial charge >= 0.3 is 0 Å². The summed E-state index contributed by atoms with van der Waals surface area (Å²) in [5.74, 6) is 0.0746.